The fourth-order valence-electron chi connectivity index (χ4n) is 3.83. The molecule has 0 unspecified atom stereocenters. The van der Waals surface area contributed by atoms with Crippen molar-refractivity contribution in [1.29, 1.82) is 0 Å². The number of aromatic nitrogens is 1. The van der Waals surface area contributed by atoms with Crippen LogP contribution in [0.5, 0.6) is 0 Å². The lowest BCUT2D eigenvalue weighted by molar-refractivity contribution is 0.0466. The number of ketones is 1. The molecule has 0 saturated heterocycles. The van der Waals surface area contributed by atoms with Gasteiger partial charge in [0, 0.05) is 28.3 Å². The van der Waals surface area contributed by atoms with Crippen LogP contribution in [0.3, 0.4) is 0 Å². The molecule has 6 nitrogen and oxygen atoms in total. The number of carbonyl (C=O) groups excluding carboxylic acids is 2. The maximum Gasteiger partial charge on any atom is 0.355 e. The quantitative estimate of drug-likeness (QED) is 0.241. The second-order valence-electron chi connectivity index (χ2n) is 7.01. The Balaban J connectivity index is 1.73. The number of carbonyl (C=O) groups is 2. The van der Waals surface area contributed by atoms with Crippen LogP contribution in [0.1, 0.15) is 44.6 Å². The third-order valence-electron chi connectivity index (χ3n) is 5.07. The van der Waals surface area contributed by atoms with Crippen LogP contribution in [0, 0.1) is 13.8 Å². The summed E-state index contributed by atoms with van der Waals surface area (Å²) in [4.78, 5) is 39.4. The lowest BCUT2D eigenvalue weighted by Gasteiger charge is -2.09. The Labute approximate surface area is 166 Å². The van der Waals surface area contributed by atoms with Crippen molar-refractivity contribution >= 4 is 33.5 Å². The molecule has 2 heterocycles. The number of H-pyrrole nitrogens is 1. The van der Waals surface area contributed by atoms with Crippen molar-refractivity contribution in [3.8, 4) is 0 Å². The van der Waals surface area contributed by atoms with Gasteiger partial charge in [0.05, 0.1) is 0 Å². The number of hydrogen-bond donors (Lipinski definition) is 1. The van der Waals surface area contributed by atoms with Gasteiger partial charge >= 0.3 is 11.6 Å². The number of aryl methyl sites for hydroxylation is 1. The number of Topliss-reactive ketones (excluding diaryl/α,β-unsaturated/α-hetero) is 1. The molecule has 29 heavy (non-hydrogen) atoms. The number of benzene rings is 2. The van der Waals surface area contributed by atoms with E-state index < -0.39 is 11.6 Å². The Morgan fingerprint density at radius 3 is 2.59 bits per heavy atom. The molecular formula is C23H19NO5. The van der Waals surface area contributed by atoms with Gasteiger partial charge in [-0.15, -0.1) is 0 Å². The Hall–Kier alpha value is -3.67. The van der Waals surface area contributed by atoms with E-state index in [0.29, 0.717) is 28.0 Å². The number of esters is 1. The fraction of sp³-hybridized carbons (Fsp3) is 0.174. The van der Waals surface area contributed by atoms with E-state index in [9.17, 15) is 14.4 Å². The van der Waals surface area contributed by atoms with Crippen LogP contribution in [-0.2, 0) is 11.3 Å². The monoisotopic (exact) mass is 389 g/mol. The normalized spacial score (nSPS) is 11.1. The first kappa shape index (κ1) is 18.7. The molecule has 6 heteroatoms. The van der Waals surface area contributed by atoms with Crippen molar-refractivity contribution in [1.82, 2.24) is 4.98 Å². The van der Waals surface area contributed by atoms with Crippen LogP contribution in [-0.4, -0.2) is 16.7 Å². The summed E-state index contributed by atoms with van der Waals surface area (Å²) in [5, 5.41) is 2.63. The SMILES string of the molecule is CC(=O)c1c(C)[nH]c(C(=O)OCc2cc(=O)oc3ccc4ccccc4c23)c1C. The molecule has 0 aliphatic heterocycles. The Morgan fingerprint density at radius 1 is 1.10 bits per heavy atom. The van der Waals surface area contributed by atoms with Gasteiger partial charge in [0.1, 0.15) is 17.9 Å². The summed E-state index contributed by atoms with van der Waals surface area (Å²) in [5.74, 6) is -0.701. The van der Waals surface area contributed by atoms with Crippen LogP contribution in [0.15, 0.2) is 51.7 Å². The van der Waals surface area contributed by atoms with Crippen LogP contribution in [0.25, 0.3) is 21.7 Å². The molecule has 146 valence electrons. The summed E-state index contributed by atoms with van der Waals surface area (Å²) < 4.78 is 10.8. The van der Waals surface area contributed by atoms with Gasteiger partial charge in [-0.1, -0.05) is 30.3 Å². The van der Waals surface area contributed by atoms with E-state index >= 15 is 0 Å². The molecule has 2 aromatic heterocycles. The Bertz CT molecular complexity index is 1340. The van der Waals surface area contributed by atoms with Gasteiger partial charge < -0.3 is 14.1 Å². The fourth-order valence-corrected chi connectivity index (χ4v) is 3.83. The summed E-state index contributed by atoms with van der Waals surface area (Å²) in [7, 11) is 0. The molecule has 0 aliphatic carbocycles. The van der Waals surface area contributed by atoms with E-state index in [1.54, 1.807) is 19.9 Å². The summed E-state index contributed by atoms with van der Waals surface area (Å²) in [6.45, 7) is 4.81. The molecule has 4 aromatic rings. The number of ether oxygens (including phenoxy) is 1. The predicted molar refractivity (Wildman–Crippen MR) is 109 cm³/mol. The molecule has 2 aromatic carbocycles. The van der Waals surface area contributed by atoms with Gasteiger partial charge in [-0.3, -0.25) is 4.79 Å². The number of fused-ring (bicyclic) bond motifs is 3. The van der Waals surface area contributed by atoms with E-state index in [0.717, 1.165) is 16.2 Å². The van der Waals surface area contributed by atoms with E-state index in [1.165, 1.54) is 13.0 Å². The van der Waals surface area contributed by atoms with Crippen LogP contribution in [0.4, 0.5) is 0 Å². The lowest BCUT2D eigenvalue weighted by Crippen LogP contribution is -2.10. The lowest BCUT2D eigenvalue weighted by atomic mass is 10.0. The minimum atomic E-state index is -0.584. The Morgan fingerprint density at radius 2 is 1.86 bits per heavy atom. The average Bonchev–Trinajstić information content (AvgIpc) is 2.99. The van der Waals surface area contributed by atoms with Gasteiger partial charge in [0.15, 0.2) is 5.78 Å². The van der Waals surface area contributed by atoms with Gasteiger partial charge in [-0.25, -0.2) is 9.59 Å². The van der Waals surface area contributed by atoms with Crippen molar-refractivity contribution < 1.29 is 18.7 Å². The molecule has 0 spiro atoms. The van der Waals surface area contributed by atoms with E-state index in [-0.39, 0.29) is 18.1 Å². The second-order valence-corrected chi connectivity index (χ2v) is 7.01. The third kappa shape index (κ3) is 3.23. The van der Waals surface area contributed by atoms with Gasteiger partial charge in [0.25, 0.3) is 0 Å². The number of nitrogens with one attached hydrogen (secondary N) is 1. The summed E-state index contributed by atoms with van der Waals surface area (Å²) in [6.07, 6.45) is 0. The summed E-state index contributed by atoms with van der Waals surface area (Å²) in [5.41, 5.74) is 2.41. The minimum Gasteiger partial charge on any atom is -0.456 e. The van der Waals surface area contributed by atoms with Crippen molar-refractivity contribution in [3.05, 3.63) is 81.0 Å². The van der Waals surface area contributed by atoms with Crippen LogP contribution in [0.2, 0.25) is 0 Å². The molecule has 0 saturated carbocycles. The molecule has 0 fully saturated rings. The first-order chi connectivity index (χ1) is 13.9. The molecule has 0 aliphatic rings. The van der Waals surface area contributed by atoms with E-state index in [2.05, 4.69) is 4.98 Å². The molecular weight excluding hydrogens is 370 g/mol. The molecule has 4 rings (SSSR count). The highest BCUT2D eigenvalue weighted by molar-refractivity contribution is 6.07. The second kappa shape index (κ2) is 7.05. The highest BCUT2D eigenvalue weighted by Crippen LogP contribution is 2.28. The number of hydrogen-bond acceptors (Lipinski definition) is 5. The number of rotatable bonds is 4. The largest absolute Gasteiger partial charge is 0.456 e. The first-order valence-electron chi connectivity index (χ1n) is 9.18. The summed E-state index contributed by atoms with van der Waals surface area (Å²) >= 11 is 0. The van der Waals surface area contributed by atoms with Crippen molar-refractivity contribution in [2.75, 3.05) is 0 Å². The number of aromatic amines is 1. The first-order valence-corrected chi connectivity index (χ1v) is 9.18. The maximum absolute atomic E-state index is 12.6. The highest BCUT2D eigenvalue weighted by Gasteiger charge is 2.21. The molecule has 0 atom stereocenters. The van der Waals surface area contributed by atoms with Crippen LogP contribution >= 0.6 is 0 Å². The van der Waals surface area contributed by atoms with Gasteiger partial charge in [-0.2, -0.15) is 0 Å². The topological polar surface area (TPSA) is 89.4 Å². The molecule has 0 amide bonds. The van der Waals surface area contributed by atoms with E-state index in [4.69, 9.17) is 9.15 Å². The molecule has 1 N–H and O–H groups in total. The van der Waals surface area contributed by atoms with Gasteiger partial charge in [0.2, 0.25) is 0 Å². The Kier molecular flexibility index (Phi) is 4.54. The molecule has 0 bridgehead atoms. The third-order valence-corrected chi connectivity index (χ3v) is 5.07. The molecule has 0 radical (unpaired) electrons. The maximum atomic E-state index is 12.6. The highest BCUT2D eigenvalue weighted by atomic mass is 16.5. The average molecular weight is 389 g/mol. The predicted octanol–water partition coefficient (Wildman–Crippen LogP) is 4.45. The smallest absolute Gasteiger partial charge is 0.355 e. The zero-order valence-corrected chi connectivity index (χ0v) is 16.3. The van der Waals surface area contributed by atoms with Crippen molar-refractivity contribution in [3.63, 3.8) is 0 Å². The minimum absolute atomic E-state index is 0.0954. The van der Waals surface area contributed by atoms with E-state index in [1.807, 2.05) is 30.3 Å². The zero-order chi connectivity index (χ0) is 20.7. The van der Waals surface area contributed by atoms with Crippen molar-refractivity contribution in [2.45, 2.75) is 27.4 Å². The zero-order valence-electron chi connectivity index (χ0n) is 16.3. The van der Waals surface area contributed by atoms with Crippen molar-refractivity contribution in [2.24, 2.45) is 0 Å². The summed E-state index contributed by atoms with van der Waals surface area (Å²) in [6, 6.07) is 12.7. The van der Waals surface area contributed by atoms with Gasteiger partial charge in [-0.05, 0) is 43.2 Å². The standard InChI is InChI=1S/C23H19NO5/c1-12-20(14(3)25)13(2)24-22(12)23(27)28-11-16-10-19(26)29-18-9-8-15-6-4-5-7-17(15)21(16)18/h4-10,24H,11H2,1-3H3. The van der Waals surface area contributed by atoms with Crippen LogP contribution < -0.4 is 5.63 Å².